The first-order valence-electron chi connectivity index (χ1n) is 5.32. The first-order chi connectivity index (χ1) is 8.24. The van der Waals surface area contributed by atoms with Crippen molar-refractivity contribution in [2.24, 2.45) is 0 Å². The number of carbonyl (C=O) groups excluding carboxylic acids is 1. The predicted molar refractivity (Wildman–Crippen MR) is 75.2 cm³/mol. The molecule has 0 aliphatic rings. The van der Waals surface area contributed by atoms with Crippen LogP contribution in [-0.2, 0) is 0 Å². The summed E-state index contributed by atoms with van der Waals surface area (Å²) < 4.78 is 6.01. The number of halogens is 1. The average molecular weight is 341 g/mol. The highest BCUT2D eigenvalue weighted by Gasteiger charge is 2.18. The molecule has 0 bridgehead atoms. The summed E-state index contributed by atoms with van der Waals surface area (Å²) in [5.41, 5.74) is 1.51. The van der Waals surface area contributed by atoms with Gasteiger partial charge in [0.2, 0.25) is 0 Å². The zero-order valence-corrected chi connectivity index (χ0v) is 11.5. The molecule has 2 rings (SSSR count). The number of benzene rings is 1. The Labute approximate surface area is 114 Å². The SMILES string of the molecule is CCN(C(=O)c1ccoc1)c1ccccc1I. The minimum absolute atomic E-state index is 0.0367. The zero-order chi connectivity index (χ0) is 12.3. The van der Waals surface area contributed by atoms with Gasteiger partial charge in [-0.2, -0.15) is 0 Å². The van der Waals surface area contributed by atoms with Crippen molar-refractivity contribution in [1.29, 1.82) is 0 Å². The number of anilines is 1. The van der Waals surface area contributed by atoms with Crippen molar-refractivity contribution >= 4 is 34.2 Å². The third-order valence-corrected chi connectivity index (χ3v) is 3.38. The molecule has 88 valence electrons. The van der Waals surface area contributed by atoms with Crippen LogP contribution in [0, 0.1) is 3.57 Å². The van der Waals surface area contributed by atoms with E-state index in [1.807, 2.05) is 31.2 Å². The van der Waals surface area contributed by atoms with Gasteiger partial charge in [0.25, 0.3) is 5.91 Å². The van der Waals surface area contributed by atoms with E-state index in [9.17, 15) is 4.79 Å². The molecule has 17 heavy (non-hydrogen) atoms. The molecule has 0 aliphatic carbocycles. The first-order valence-corrected chi connectivity index (χ1v) is 6.40. The summed E-state index contributed by atoms with van der Waals surface area (Å²) in [5.74, 6) is -0.0367. The Balaban J connectivity index is 2.35. The third kappa shape index (κ3) is 2.52. The Morgan fingerprint density at radius 2 is 2.12 bits per heavy atom. The Kier molecular flexibility index (Phi) is 3.83. The van der Waals surface area contributed by atoms with Crippen LogP contribution in [0.4, 0.5) is 5.69 Å². The van der Waals surface area contributed by atoms with E-state index in [4.69, 9.17) is 4.42 Å². The molecule has 1 aromatic heterocycles. The highest BCUT2D eigenvalue weighted by Crippen LogP contribution is 2.23. The van der Waals surface area contributed by atoms with Crippen LogP contribution in [-0.4, -0.2) is 12.5 Å². The maximum Gasteiger partial charge on any atom is 0.261 e. The van der Waals surface area contributed by atoms with E-state index >= 15 is 0 Å². The second-order valence-electron chi connectivity index (χ2n) is 3.51. The van der Waals surface area contributed by atoms with Crippen molar-refractivity contribution in [2.75, 3.05) is 11.4 Å². The standard InChI is InChI=1S/C13H12INO2/c1-2-15(12-6-4-3-5-11(12)14)13(16)10-7-8-17-9-10/h3-9H,2H2,1H3. The Morgan fingerprint density at radius 1 is 1.35 bits per heavy atom. The number of rotatable bonds is 3. The zero-order valence-electron chi connectivity index (χ0n) is 9.39. The lowest BCUT2D eigenvalue weighted by molar-refractivity contribution is 0.0987. The van der Waals surface area contributed by atoms with Gasteiger partial charge in [-0.15, -0.1) is 0 Å². The highest BCUT2D eigenvalue weighted by molar-refractivity contribution is 14.1. The topological polar surface area (TPSA) is 33.5 Å². The summed E-state index contributed by atoms with van der Waals surface area (Å²) in [6.45, 7) is 2.59. The molecule has 0 N–H and O–H groups in total. The van der Waals surface area contributed by atoms with Crippen LogP contribution in [0.3, 0.4) is 0 Å². The van der Waals surface area contributed by atoms with Gasteiger partial charge < -0.3 is 9.32 Å². The molecule has 1 heterocycles. The van der Waals surface area contributed by atoms with Crippen molar-refractivity contribution in [3.05, 3.63) is 52.0 Å². The van der Waals surface area contributed by atoms with Crippen LogP contribution in [0.25, 0.3) is 0 Å². The maximum absolute atomic E-state index is 12.3. The maximum atomic E-state index is 12.3. The van der Waals surface area contributed by atoms with Gasteiger partial charge in [0.15, 0.2) is 0 Å². The molecule has 1 aromatic carbocycles. The molecule has 1 amide bonds. The molecule has 0 unspecified atom stereocenters. The van der Waals surface area contributed by atoms with Crippen LogP contribution in [0.5, 0.6) is 0 Å². The summed E-state index contributed by atoms with van der Waals surface area (Å²) in [4.78, 5) is 14.0. The molecule has 2 aromatic rings. The fourth-order valence-electron chi connectivity index (χ4n) is 1.64. The molecule has 0 spiro atoms. The molecule has 0 atom stereocenters. The van der Waals surface area contributed by atoms with Crippen molar-refractivity contribution in [3.63, 3.8) is 0 Å². The van der Waals surface area contributed by atoms with E-state index in [0.29, 0.717) is 12.1 Å². The van der Waals surface area contributed by atoms with Gasteiger partial charge in [0.1, 0.15) is 6.26 Å². The Bertz CT molecular complexity index is 508. The lowest BCUT2D eigenvalue weighted by Crippen LogP contribution is -2.30. The van der Waals surface area contributed by atoms with Gasteiger partial charge in [-0.1, -0.05) is 12.1 Å². The molecule has 0 radical (unpaired) electrons. The lowest BCUT2D eigenvalue weighted by atomic mass is 10.2. The summed E-state index contributed by atoms with van der Waals surface area (Å²) in [7, 11) is 0. The summed E-state index contributed by atoms with van der Waals surface area (Å²) in [5, 5.41) is 0. The van der Waals surface area contributed by atoms with E-state index < -0.39 is 0 Å². The van der Waals surface area contributed by atoms with Gasteiger partial charge in [-0.05, 0) is 47.7 Å². The van der Waals surface area contributed by atoms with Crippen LogP contribution >= 0.6 is 22.6 Å². The predicted octanol–water partition coefficient (Wildman–Crippen LogP) is 3.55. The van der Waals surface area contributed by atoms with E-state index in [0.717, 1.165) is 9.26 Å². The second-order valence-corrected chi connectivity index (χ2v) is 4.68. The number of furan rings is 1. The molecule has 0 saturated carbocycles. The highest BCUT2D eigenvalue weighted by atomic mass is 127. The van der Waals surface area contributed by atoms with Gasteiger partial charge in [0.05, 0.1) is 17.5 Å². The molecule has 0 fully saturated rings. The molecular weight excluding hydrogens is 329 g/mol. The number of nitrogens with zero attached hydrogens (tertiary/aromatic N) is 1. The number of para-hydroxylation sites is 1. The van der Waals surface area contributed by atoms with E-state index in [-0.39, 0.29) is 5.91 Å². The summed E-state index contributed by atoms with van der Waals surface area (Å²) >= 11 is 2.23. The van der Waals surface area contributed by atoms with E-state index in [1.165, 1.54) is 12.5 Å². The summed E-state index contributed by atoms with van der Waals surface area (Å²) in [6.07, 6.45) is 2.98. The molecule has 4 heteroatoms. The van der Waals surface area contributed by atoms with Crippen LogP contribution in [0.15, 0.2) is 47.3 Å². The van der Waals surface area contributed by atoms with Gasteiger partial charge in [0, 0.05) is 10.1 Å². The normalized spacial score (nSPS) is 10.2. The summed E-state index contributed by atoms with van der Waals surface area (Å²) in [6, 6.07) is 9.51. The first kappa shape index (κ1) is 12.2. The monoisotopic (exact) mass is 341 g/mol. The fraction of sp³-hybridized carbons (Fsp3) is 0.154. The van der Waals surface area contributed by atoms with Crippen LogP contribution in [0.2, 0.25) is 0 Å². The average Bonchev–Trinajstić information content (AvgIpc) is 2.86. The number of hydrogen-bond donors (Lipinski definition) is 0. The van der Waals surface area contributed by atoms with Crippen molar-refractivity contribution in [2.45, 2.75) is 6.92 Å². The number of hydrogen-bond acceptors (Lipinski definition) is 2. The fourth-order valence-corrected chi connectivity index (χ4v) is 2.31. The van der Waals surface area contributed by atoms with Crippen molar-refractivity contribution in [1.82, 2.24) is 0 Å². The smallest absolute Gasteiger partial charge is 0.261 e. The van der Waals surface area contributed by atoms with Gasteiger partial charge >= 0.3 is 0 Å². The van der Waals surface area contributed by atoms with Crippen LogP contribution in [0.1, 0.15) is 17.3 Å². The number of amides is 1. The number of carbonyl (C=O) groups is 1. The van der Waals surface area contributed by atoms with E-state index in [1.54, 1.807) is 11.0 Å². The molecule has 0 aliphatic heterocycles. The van der Waals surface area contributed by atoms with Crippen LogP contribution < -0.4 is 4.90 Å². The minimum atomic E-state index is -0.0367. The Hall–Kier alpha value is -1.30. The third-order valence-electron chi connectivity index (χ3n) is 2.47. The second kappa shape index (κ2) is 5.35. The molecule has 3 nitrogen and oxygen atoms in total. The van der Waals surface area contributed by atoms with Crippen molar-refractivity contribution in [3.8, 4) is 0 Å². The minimum Gasteiger partial charge on any atom is -0.472 e. The molecule has 0 saturated heterocycles. The van der Waals surface area contributed by atoms with Crippen molar-refractivity contribution < 1.29 is 9.21 Å². The molecular formula is C13H12INO2. The lowest BCUT2D eigenvalue weighted by Gasteiger charge is -2.21. The van der Waals surface area contributed by atoms with Gasteiger partial charge in [-0.25, -0.2) is 0 Å². The quantitative estimate of drug-likeness (QED) is 0.800. The largest absolute Gasteiger partial charge is 0.472 e. The van der Waals surface area contributed by atoms with E-state index in [2.05, 4.69) is 22.6 Å². The van der Waals surface area contributed by atoms with Gasteiger partial charge in [-0.3, -0.25) is 4.79 Å². The Morgan fingerprint density at radius 3 is 2.71 bits per heavy atom.